The van der Waals surface area contributed by atoms with Crippen LogP contribution in [0.3, 0.4) is 0 Å². The number of likely N-dealkylation sites (tertiary alicyclic amines) is 1. The second-order valence-corrected chi connectivity index (χ2v) is 6.19. The molecular formula is C15H24N4O2. The summed E-state index contributed by atoms with van der Waals surface area (Å²) in [7, 11) is 3.72. The maximum absolute atomic E-state index is 11.5. The van der Waals surface area contributed by atoms with E-state index in [2.05, 4.69) is 19.8 Å². The fourth-order valence-electron chi connectivity index (χ4n) is 3.57. The van der Waals surface area contributed by atoms with Crippen LogP contribution in [0.4, 0.5) is 0 Å². The van der Waals surface area contributed by atoms with E-state index in [1.807, 2.05) is 19.6 Å². The number of ether oxygens (including phenoxy) is 1. The van der Waals surface area contributed by atoms with Crippen molar-refractivity contribution in [2.75, 3.05) is 26.7 Å². The van der Waals surface area contributed by atoms with E-state index < -0.39 is 0 Å². The van der Waals surface area contributed by atoms with E-state index in [-0.39, 0.29) is 12.0 Å². The molecular weight excluding hydrogens is 268 g/mol. The highest BCUT2D eigenvalue weighted by atomic mass is 16.5. The lowest BCUT2D eigenvalue weighted by molar-refractivity contribution is -0.123. The number of rotatable bonds is 4. The molecule has 3 atom stereocenters. The first kappa shape index (κ1) is 14.5. The highest BCUT2D eigenvalue weighted by molar-refractivity contribution is 5.76. The standard InChI is InChI=1S/C15H24N4O2/c1-16-15(20)5-14-13-3-4-19(7-11(13)9-21-14)8-12-6-17-10-18(12)2/h6,10-11,13-14H,3-5,7-9H2,1-2H3,(H,16,20)/t11-,13-,14+/m1/s1. The minimum atomic E-state index is 0.0814. The first-order chi connectivity index (χ1) is 10.2. The smallest absolute Gasteiger partial charge is 0.222 e. The zero-order valence-corrected chi connectivity index (χ0v) is 12.8. The molecule has 2 fully saturated rings. The van der Waals surface area contributed by atoms with Crippen molar-refractivity contribution in [2.45, 2.75) is 25.5 Å². The number of aryl methyl sites for hydroxylation is 1. The molecule has 1 aromatic rings. The van der Waals surface area contributed by atoms with Crippen molar-refractivity contribution in [3.8, 4) is 0 Å². The summed E-state index contributed by atoms with van der Waals surface area (Å²) in [5.74, 6) is 1.17. The quantitative estimate of drug-likeness (QED) is 0.872. The number of piperidine rings is 1. The Balaban J connectivity index is 1.56. The Bertz CT molecular complexity index is 502. The van der Waals surface area contributed by atoms with Gasteiger partial charge in [-0.25, -0.2) is 4.98 Å². The lowest BCUT2D eigenvalue weighted by Gasteiger charge is -2.35. The largest absolute Gasteiger partial charge is 0.377 e. The summed E-state index contributed by atoms with van der Waals surface area (Å²) in [4.78, 5) is 18.2. The summed E-state index contributed by atoms with van der Waals surface area (Å²) in [6.07, 6.45) is 5.50. The Labute approximate surface area is 125 Å². The topological polar surface area (TPSA) is 59.4 Å². The molecule has 1 N–H and O–H groups in total. The number of hydrogen-bond acceptors (Lipinski definition) is 4. The summed E-state index contributed by atoms with van der Waals surface area (Å²) in [6, 6.07) is 0. The number of aromatic nitrogens is 2. The van der Waals surface area contributed by atoms with Gasteiger partial charge in [-0.1, -0.05) is 0 Å². The van der Waals surface area contributed by atoms with Gasteiger partial charge in [0.15, 0.2) is 0 Å². The van der Waals surface area contributed by atoms with E-state index in [4.69, 9.17) is 4.74 Å². The number of amides is 1. The average Bonchev–Trinajstić information content (AvgIpc) is 3.06. The van der Waals surface area contributed by atoms with Gasteiger partial charge in [0.2, 0.25) is 5.91 Å². The maximum atomic E-state index is 11.5. The van der Waals surface area contributed by atoms with Crippen molar-refractivity contribution < 1.29 is 9.53 Å². The molecule has 1 aromatic heterocycles. The van der Waals surface area contributed by atoms with Crippen molar-refractivity contribution in [3.05, 3.63) is 18.2 Å². The third kappa shape index (κ3) is 3.11. The molecule has 116 valence electrons. The van der Waals surface area contributed by atoms with Gasteiger partial charge in [0.1, 0.15) is 0 Å². The third-order valence-electron chi connectivity index (χ3n) is 4.85. The SMILES string of the molecule is CNC(=O)C[C@@H]1OC[C@H]2CN(Cc3cncn3C)CC[C@H]21. The van der Waals surface area contributed by atoms with Crippen LogP contribution >= 0.6 is 0 Å². The molecule has 0 spiro atoms. The van der Waals surface area contributed by atoms with Crippen LogP contribution in [-0.4, -0.2) is 53.2 Å². The lowest BCUT2D eigenvalue weighted by Crippen LogP contribution is -2.42. The van der Waals surface area contributed by atoms with Crippen molar-refractivity contribution >= 4 is 5.91 Å². The minimum absolute atomic E-state index is 0.0814. The van der Waals surface area contributed by atoms with E-state index in [1.54, 1.807) is 7.05 Å². The molecule has 2 aliphatic heterocycles. The summed E-state index contributed by atoms with van der Waals surface area (Å²) in [6.45, 7) is 3.86. The van der Waals surface area contributed by atoms with Gasteiger partial charge < -0.3 is 14.6 Å². The Morgan fingerprint density at radius 3 is 3.14 bits per heavy atom. The zero-order chi connectivity index (χ0) is 14.8. The fraction of sp³-hybridized carbons (Fsp3) is 0.733. The number of nitrogens with one attached hydrogen (secondary N) is 1. The van der Waals surface area contributed by atoms with E-state index >= 15 is 0 Å². The van der Waals surface area contributed by atoms with Crippen LogP contribution in [0.2, 0.25) is 0 Å². The molecule has 0 bridgehead atoms. The van der Waals surface area contributed by atoms with Gasteiger partial charge in [-0.3, -0.25) is 9.69 Å². The molecule has 1 amide bonds. The van der Waals surface area contributed by atoms with Gasteiger partial charge in [0.25, 0.3) is 0 Å². The van der Waals surface area contributed by atoms with Crippen LogP contribution in [0.1, 0.15) is 18.5 Å². The van der Waals surface area contributed by atoms with Gasteiger partial charge in [0, 0.05) is 39.3 Å². The van der Waals surface area contributed by atoms with Crippen molar-refractivity contribution in [1.82, 2.24) is 19.8 Å². The predicted molar refractivity (Wildman–Crippen MR) is 78.5 cm³/mol. The first-order valence-corrected chi connectivity index (χ1v) is 7.67. The molecule has 3 rings (SSSR count). The van der Waals surface area contributed by atoms with Crippen LogP contribution in [0.25, 0.3) is 0 Å². The van der Waals surface area contributed by atoms with Crippen LogP contribution in [0, 0.1) is 11.8 Å². The third-order valence-corrected chi connectivity index (χ3v) is 4.85. The van der Waals surface area contributed by atoms with E-state index in [0.29, 0.717) is 18.3 Å². The monoisotopic (exact) mass is 292 g/mol. The van der Waals surface area contributed by atoms with Gasteiger partial charge in [0.05, 0.1) is 31.2 Å². The number of fused-ring (bicyclic) bond motifs is 1. The number of carbonyl (C=O) groups excluding carboxylic acids is 1. The number of nitrogens with zero attached hydrogens (tertiary/aromatic N) is 3. The molecule has 0 radical (unpaired) electrons. The van der Waals surface area contributed by atoms with Crippen molar-refractivity contribution in [1.29, 1.82) is 0 Å². The summed E-state index contributed by atoms with van der Waals surface area (Å²) >= 11 is 0. The molecule has 2 aliphatic rings. The van der Waals surface area contributed by atoms with Crippen LogP contribution in [0.5, 0.6) is 0 Å². The summed E-state index contributed by atoms with van der Waals surface area (Å²) < 4.78 is 7.95. The fourth-order valence-corrected chi connectivity index (χ4v) is 3.57. The van der Waals surface area contributed by atoms with E-state index in [0.717, 1.165) is 32.7 Å². The second-order valence-electron chi connectivity index (χ2n) is 6.19. The number of imidazole rings is 1. The van der Waals surface area contributed by atoms with E-state index in [9.17, 15) is 4.79 Å². The van der Waals surface area contributed by atoms with Gasteiger partial charge in [-0.05, 0) is 18.9 Å². The highest BCUT2D eigenvalue weighted by Crippen LogP contribution is 2.36. The van der Waals surface area contributed by atoms with Crippen LogP contribution < -0.4 is 5.32 Å². The first-order valence-electron chi connectivity index (χ1n) is 7.67. The Morgan fingerprint density at radius 2 is 2.43 bits per heavy atom. The predicted octanol–water partition coefficient (Wildman–Crippen LogP) is 0.393. The Hall–Kier alpha value is -1.40. The second kappa shape index (κ2) is 6.15. The van der Waals surface area contributed by atoms with Gasteiger partial charge in [-0.2, -0.15) is 0 Å². The summed E-state index contributed by atoms with van der Waals surface area (Å²) in [5, 5.41) is 2.69. The molecule has 6 nitrogen and oxygen atoms in total. The Morgan fingerprint density at radius 1 is 1.57 bits per heavy atom. The van der Waals surface area contributed by atoms with Crippen molar-refractivity contribution in [3.63, 3.8) is 0 Å². The van der Waals surface area contributed by atoms with Gasteiger partial charge in [-0.15, -0.1) is 0 Å². The molecule has 0 unspecified atom stereocenters. The van der Waals surface area contributed by atoms with E-state index in [1.165, 1.54) is 5.69 Å². The number of hydrogen-bond donors (Lipinski definition) is 1. The zero-order valence-electron chi connectivity index (χ0n) is 12.8. The summed E-state index contributed by atoms with van der Waals surface area (Å²) in [5.41, 5.74) is 1.24. The highest BCUT2D eigenvalue weighted by Gasteiger charge is 2.41. The molecule has 2 saturated heterocycles. The van der Waals surface area contributed by atoms with Crippen molar-refractivity contribution in [2.24, 2.45) is 18.9 Å². The normalized spacial score (nSPS) is 29.3. The molecule has 3 heterocycles. The molecule has 0 saturated carbocycles. The molecule has 21 heavy (non-hydrogen) atoms. The average molecular weight is 292 g/mol. The molecule has 6 heteroatoms. The van der Waals surface area contributed by atoms with Crippen LogP contribution in [0.15, 0.2) is 12.5 Å². The maximum Gasteiger partial charge on any atom is 0.222 e. The number of carbonyl (C=O) groups is 1. The molecule has 0 aliphatic carbocycles. The van der Waals surface area contributed by atoms with Gasteiger partial charge >= 0.3 is 0 Å². The lowest BCUT2D eigenvalue weighted by atomic mass is 9.83. The molecule has 0 aromatic carbocycles. The van der Waals surface area contributed by atoms with Crippen LogP contribution in [-0.2, 0) is 23.1 Å². The minimum Gasteiger partial charge on any atom is -0.377 e. The Kier molecular flexibility index (Phi) is 4.26.